The van der Waals surface area contributed by atoms with Crippen LogP contribution in [0.4, 0.5) is 4.39 Å². The van der Waals surface area contributed by atoms with Crippen molar-refractivity contribution >= 4 is 18.2 Å². The summed E-state index contributed by atoms with van der Waals surface area (Å²) in [5, 5.41) is 2.22. The van der Waals surface area contributed by atoms with E-state index in [1.54, 1.807) is 13.0 Å². The number of benzene rings is 1. The molecule has 1 fully saturated rings. The molecule has 5 nitrogen and oxygen atoms in total. The summed E-state index contributed by atoms with van der Waals surface area (Å²) in [5.41, 5.74) is 1.48. The minimum Gasteiger partial charge on any atom is -0.329 e. The van der Waals surface area contributed by atoms with Crippen molar-refractivity contribution in [2.24, 2.45) is 0 Å². The first-order chi connectivity index (χ1) is 9.51. The van der Waals surface area contributed by atoms with E-state index in [4.69, 9.17) is 0 Å². The Labute approximate surface area is 115 Å². The molecule has 3 amide bonds. The maximum atomic E-state index is 13.0. The second-order valence-corrected chi connectivity index (χ2v) is 4.82. The Hall–Kier alpha value is -2.24. The highest BCUT2D eigenvalue weighted by Crippen LogP contribution is 2.17. The molecule has 0 radical (unpaired) electrons. The van der Waals surface area contributed by atoms with Gasteiger partial charge >= 0.3 is 0 Å². The molecule has 0 aliphatic carbocycles. The summed E-state index contributed by atoms with van der Waals surface area (Å²) in [6.45, 7) is 1.95. The second-order valence-electron chi connectivity index (χ2n) is 4.82. The number of rotatable bonds is 4. The Bertz CT molecular complexity index is 559. The van der Waals surface area contributed by atoms with Crippen molar-refractivity contribution in [2.45, 2.75) is 32.4 Å². The van der Waals surface area contributed by atoms with Crippen LogP contribution in [-0.2, 0) is 20.9 Å². The molecule has 1 aliphatic rings. The SMILES string of the molecule is Cc1cc(F)ccc1CN(C=O)C1CCC(=O)NC1=O. The van der Waals surface area contributed by atoms with E-state index in [9.17, 15) is 18.8 Å². The van der Waals surface area contributed by atoms with Crippen LogP contribution in [0.25, 0.3) is 0 Å². The molecule has 0 bridgehead atoms. The number of carbonyl (C=O) groups is 3. The molecule has 1 aromatic rings. The largest absolute Gasteiger partial charge is 0.329 e. The summed E-state index contributed by atoms with van der Waals surface area (Å²) in [6.07, 6.45) is 1.11. The minimum atomic E-state index is -0.658. The van der Waals surface area contributed by atoms with E-state index in [0.717, 1.165) is 5.56 Å². The van der Waals surface area contributed by atoms with E-state index in [-0.39, 0.29) is 24.7 Å². The van der Waals surface area contributed by atoms with Crippen LogP contribution in [0, 0.1) is 12.7 Å². The summed E-state index contributed by atoms with van der Waals surface area (Å²) in [4.78, 5) is 35.4. The smallest absolute Gasteiger partial charge is 0.249 e. The average molecular weight is 278 g/mol. The van der Waals surface area contributed by atoms with Crippen molar-refractivity contribution in [1.82, 2.24) is 10.2 Å². The predicted octanol–water partition coefficient (Wildman–Crippen LogP) is 0.898. The maximum absolute atomic E-state index is 13.0. The number of carbonyl (C=O) groups excluding carboxylic acids is 3. The highest BCUT2D eigenvalue weighted by molar-refractivity contribution is 6.00. The number of amides is 3. The van der Waals surface area contributed by atoms with Gasteiger partial charge in [-0.2, -0.15) is 0 Å². The van der Waals surface area contributed by atoms with Crippen molar-refractivity contribution in [2.75, 3.05) is 0 Å². The Morgan fingerprint density at radius 3 is 2.80 bits per heavy atom. The van der Waals surface area contributed by atoms with Gasteiger partial charge in [0.1, 0.15) is 11.9 Å². The number of piperidine rings is 1. The van der Waals surface area contributed by atoms with Gasteiger partial charge in [0.2, 0.25) is 18.2 Å². The van der Waals surface area contributed by atoms with Gasteiger partial charge in [-0.3, -0.25) is 19.7 Å². The molecule has 6 heteroatoms. The Balaban J connectivity index is 2.14. The van der Waals surface area contributed by atoms with Gasteiger partial charge in [-0.25, -0.2) is 4.39 Å². The number of nitrogens with one attached hydrogen (secondary N) is 1. The first-order valence-corrected chi connectivity index (χ1v) is 6.31. The van der Waals surface area contributed by atoms with Gasteiger partial charge in [-0.1, -0.05) is 6.07 Å². The van der Waals surface area contributed by atoms with E-state index in [0.29, 0.717) is 18.4 Å². The lowest BCUT2D eigenvalue weighted by atomic mass is 10.0. The molecule has 0 spiro atoms. The highest BCUT2D eigenvalue weighted by atomic mass is 19.1. The van der Waals surface area contributed by atoms with Gasteiger partial charge in [0.15, 0.2) is 0 Å². The third-order valence-corrected chi connectivity index (χ3v) is 3.40. The lowest BCUT2D eigenvalue weighted by Crippen LogP contribution is -2.51. The Morgan fingerprint density at radius 2 is 2.20 bits per heavy atom. The highest BCUT2D eigenvalue weighted by Gasteiger charge is 2.31. The number of nitrogens with zero attached hydrogens (tertiary/aromatic N) is 1. The molecule has 0 aromatic heterocycles. The Kier molecular flexibility index (Phi) is 4.12. The van der Waals surface area contributed by atoms with Gasteiger partial charge in [0.25, 0.3) is 0 Å². The first-order valence-electron chi connectivity index (χ1n) is 6.31. The fourth-order valence-corrected chi connectivity index (χ4v) is 2.25. The van der Waals surface area contributed by atoms with Gasteiger partial charge in [-0.15, -0.1) is 0 Å². The number of aryl methyl sites for hydroxylation is 1. The summed E-state index contributed by atoms with van der Waals surface area (Å²) in [7, 11) is 0. The first kappa shape index (κ1) is 14.2. The predicted molar refractivity (Wildman–Crippen MR) is 68.9 cm³/mol. The van der Waals surface area contributed by atoms with Crippen LogP contribution in [0.15, 0.2) is 18.2 Å². The van der Waals surface area contributed by atoms with Crippen molar-refractivity contribution in [3.05, 3.63) is 35.1 Å². The van der Waals surface area contributed by atoms with E-state index in [1.165, 1.54) is 17.0 Å². The van der Waals surface area contributed by atoms with Crippen LogP contribution in [-0.4, -0.2) is 29.2 Å². The molecule has 1 saturated heterocycles. The fourth-order valence-electron chi connectivity index (χ4n) is 2.25. The van der Waals surface area contributed by atoms with E-state index in [1.807, 2.05) is 0 Å². The Morgan fingerprint density at radius 1 is 1.45 bits per heavy atom. The maximum Gasteiger partial charge on any atom is 0.249 e. The van der Waals surface area contributed by atoms with Gasteiger partial charge in [0, 0.05) is 13.0 Å². The molecule has 1 atom stereocenters. The molecule has 106 valence electrons. The molecular weight excluding hydrogens is 263 g/mol. The molecule has 1 unspecified atom stereocenters. The molecule has 1 aromatic carbocycles. The normalized spacial score (nSPS) is 18.6. The zero-order valence-electron chi connectivity index (χ0n) is 11.1. The molecular formula is C14H15FN2O3. The van der Waals surface area contributed by atoms with Crippen LogP contribution in [0.2, 0.25) is 0 Å². The summed E-state index contributed by atoms with van der Waals surface area (Å²) in [5.74, 6) is -1.13. The summed E-state index contributed by atoms with van der Waals surface area (Å²) >= 11 is 0. The van der Waals surface area contributed by atoms with Crippen LogP contribution in [0.3, 0.4) is 0 Å². The second kappa shape index (κ2) is 5.81. The quantitative estimate of drug-likeness (QED) is 0.657. The average Bonchev–Trinajstić information content (AvgIpc) is 2.39. The van der Waals surface area contributed by atoms with Crippen LogP contribution in [0.5, 0.6) is 0 Å². The van der Waals surface area contributed by atoms with E-state index >= 15 is 0 Å². The van der Waals surface area contributed by atoms with Crippen molar-refractivity contribution in [3.63, 3.8) is 0 Å². The van der Waals surface area contributed by atoms with Crippen molar-refractivity contribution < 1.29 is 18.8 Å². The molecule has 2 rings (SSSR count). The molecule has 1 aliphatic heterocycles. The third kappa shape index (κ3) is 3.01. The molecule has 1 N–H and O–H groups in total. The lowest BCUT2D eigenvalue weighted by molar-refractivity contribution is -0.141. The molecule has 1 heterocycles. The minimum absolute atomic E-state index is 0.210. The summed E-state index contributed by atoms with van der Waals surface area (Å²) < 4.78 is 13.0. The number of hydrogen-bond donors (Lipinski definition) is 1. The third-order valence-electron chi connectivity index (χ3n) is 3.40. The zero-order chi connectivity index (χ0) is 14.7. The van der Waals surface area contributed by atoms with Crippen LogP contribution in [0.1, 0.15) is 24.0 Å². The number of imide groups is 1. The number of halogens is 1. The zero-order valence-corrected chi connectivity index (χ0v) is 11.1. The van der Waals surface area contributed by atoms with Gasteiger partial charge in [0.05, 0.1) is 0 Å². The fraction of sp³-hybridized carbons (Fsp3) is 0.357. The van der Waals surface area contributed by atoms with Gasteiger partial charge in [-0.05, 0) is 36.6 Å². The standard InChI is InChI=1S/C14H15FN2O3/c1-9-6-11(15)3-2-10(9)7-17(8-18)12-4-5-13(19)16-14(12)20/h2-3,6,8,12H,4-5,7H2,1H3,(H,16,19,20). The van der Waals surface area contributed by atoms with Crippen LogP contribution < -0.4 is 5.32 Å². The van der Waals surface area contributed by atoms with Crippen molar-refractivity contribution in [3.8, 4) is 0 Å². The monoisotopic (exact) mass is 278 g/mol. The van der Waals surface area contributed by atoms with Gasteiger partial charge < -0.3 is 4.90 Å². The van der Waals surface area contributed by atoms with Crippen LogP contribution >= 0.6 is 0 Å². The van der Waals surface area contributed by atoms with E-state index < -0.39 is 11.9 Å². The number of hydrogen-bond acceptors (Lipinski definition) is 3. The molecule has 20 heavy (non-hydrogen) atoms. The lowest BCUT2D eigenvalue weighted by Gasteiger charge is -2.30. The topological polar surface area (TPSA) is 66.5 Å². The summed E-state index contributed by atoms with van der Waals surface area (Å²) in [6, 6.07) is 3.63. The molecule has 0 saturated carbocycles. The van der Waals surface area contributed by atoms with Crippen molar-refractivity contribution in [1.29, 1.82) is 0 Å². The van der Waals surface area contributed by atoms with E-state index in [2.05, 4.69) is 5.32 Å².